The second-order valence-electron chi connectivity index (χ2n) is 4.37. The predicted octanol–water partition coefficient (Wildman–Crippen LogP) is 1.83. The summed E-state index contributed by atoms with van der Waals surface area (Å²) in [5.41, 5.74) is 2.24. The molecule has 0 aliphatic carbocycles. The molecule has 4 heteroatoms. The van der Waals surface area contributed by atoms with Crippen LogP contribution in [0.1, 0.15) is 34.6 Å². The Morgan fingerprint density at radius 2 is 2.29 bits per heavy atom. The van der Waals surface area contributed by atoms with Gasteiger partial charge in [0.05, 0.1) is 17.3 Å². The Labute approximate surface area is 101 Å². The number of nitrogens with zero attached hydrogens (tertiary/aromatic N) is 3. The number of aromatic nitrogens is 1. The minimum absolute atomic E-state index is 0.0703. The molecule has 1 fully saturated rings. The molecule has 0 bridgehead atoms. The highest BCUT2D eigenvalue weighted by atomic mass is 16.2. The SMILES string of the molecule is Cc1ccc(C(=O)N2CCCC2C#N)c(C)n1. The highest BCUT2D eigenvalue weighted by molar-refractivity contribution is 5.95. The summed E-state index contributed by atoms with van der Waals surface area (Å²) in [5.74, 6) is -0.0703. The maximum absolute atomic E-state index is 12.3. The second-order valence-corrected chi connectivity index (χ2v) is 4.37. The lowest BCUT2D eigenvalue weighted by Crippen LogP contribution is -2.35. The highest BCUT2D eigenvalue weighted by Crippen LogP contribution is 2.20. The van der Waals surface area contributed by atoms with E-state index in [9.17, 15) is 4.79 Å². The van der Waals surface area contributed by atoms with Gasteiger partial charge >= 0.3 is 0 Å². The van der Waals surface area contributed by atoms with Crippen molar-refractivity contribution in [3.8, 4) is 6.07 Å². The van der Waals surface area contributed by atoms with Crippen molar-refractivity contribution in [1.29, 1.82) is 5.26 Å². The number of pyridine rings is 1. The van der Waals surface area contributed by atoms with Crippen LogP contribution in [0.15, 0.2) is 12.1 Å². The van der Waals surface area contributed by atoms with Crippen LogP contribution in [0.2, 0.25) is 0 Å². The Morgan fingerprint density at radius 1 is 1.53 bits per heavy atom. The van der Waals surface area contributed by atoms with Crippen LogP contribution in [0, 0.1) is 25.2 Å². The van der Waals surface area contributed by atoms with Crippen molar-refractivity contribution in [3.63, 3.8) is 0 Å². The molecule has 1 saturated heterocycles. The molecule has 1 aliphatic heterocycles. The van der Waals surface area contributed by atoms with Crippen molar-refractivity contribution >= 4 is 5.91 Å². The number of rotatable bonds is 1. The number of hydrogen-bond donors (Lipinski definition) is 0. The first-order chi connectivity index (χ1) is 8.13. The van der Waals surface area contributed by atoms with Crippen LogP contribution < -0.4 is 0 Å². The summed E-state index contributed by atoms with van der Waals surface area (Å²) in [7, 11) is 0. The lowest BCUT2D eigenvalue weighted by molar-refractivity contribution is 0.0763. The van der Waals surface area contributed by atoms with E-state index in [2.05, 4.69) is 11.1 Å². The summed E-state index contributed by atoms with van der Waals surface area (Å²) in [6, 6.07) is 5.53. The third kappa shape index (κ3) is 2.14. The van der Waals surface area contributed by atoms with Crippen molar-refractivity contribution < 1.29 is 4.79 Å². The molecule has 0 spiro atoms. The summed E-state index contributed by atoms with van der Waals surface area (Å²) < 4.78 is 0. The quantitative estimate of drug-likeness (QED) is 0.738. The van der Waals surface area contributed by atoms with Gasteiger partial charge in [-0.3, -0.25) is 9.78 Å². The molecule has 1 aromatic rings. The topological polar surface area (TPSA) is 57.0 Å². The molecule has 0 N–H and O–H groups in total. The van der Waals surface area contributed by atoms with Gasteiger partial charge < -0.3 is 4.90 Å². The zero-order valence-electron chi connectivity index (χ0n) is 10.1. The molecule has 0 saturated carbocycles. The van der Waals surface area contributed by atoms with E-state index in [-0.39, 0.29) is 11.9 Å². The number of carbonyl (C=O) groups is 1. The number of aryl methyl sites for hydroxylation is 2. The Kier molecular flexibility index (Phi) is 3.10. The zero-order chi connectivity index (χ0) is 12.4. The predicted molar refractivity (Wildman–Crippen MR) is 63.4 cm³/mol. The van der Waals surface area contributed by atoms with Crippen molar-refractivity contribution in [3.05, 3.63) is 29.1 Å². The van der Waals surface area contributed by atoms with Crippen molar-refractivity contribution in [2.45, 2.75) is 32.7 Å². The van der Waals surface area contributed by atoms with Gasteiger partial charge in [0.2, 0.25) is 0 Å². The molecule has 0 aromatic carbocycles. The van der Waals surface area contributed by atoms with Crippen LogP contribution in [0.25, 0.3) is 0 Å². The van der Waals surface area contributed by atoms with E-state index >= 15 is 0 Å². The molecule has 1 aliphatic rings. The molecule has 2 rings (SSSR count). The maximum atomic E-state index is 12.3. The number of hydrogen-bond acceptors (Lipinski definition) is 3. The average molecular weight is 229 g/mol. The normalized spacial score (nSPS) is 19.1. The van der Waals surface area contributed by atoms with Crippen LogP contribution in [-0.2, 0) is 0 Å². The summed E-state index contributed by atoms with van der Waals surface area (Å²) in [6.45, 7) is 4.40. The van der Waals surface area contributed by atoms with E-state index in [0.29, 0.717) is 12.1 Å². The fraction of sp³-hybridized carbons (Fsp3) is 0.462. The molecule has 1 amide bonds. The number of carbonyl (C=O) groups excluding carboxylic acids is 1. The van der Waals surface area contributed by atoms with Gasteiger partial charge in [-0.25, -0.2) is 0 Å². The molecule has 17 heavy (non-hydrogen) atoms. The van der Waals surface area contributed by atoms with Crippen molar-refractivity contribution in [1.82, 2.24) is 9.88 Å². The van der Waals surface area contributed by atoms with E-state index in [1.165, 1.54) is 0 Å². The number of likely N-dealkylation sites (tertiary alicyclic amines) is 1. The smallest absolute Gasteiger partial charge is 0.256 e. The molecule has 88 valence electrons. The minimum Gasteiger partial charge on any atom is -0.323 e. The molecule has 2 heterocycles. The molecule has 4 nitrogen and oxygen atoms in total. The van der Waals surface area contributed by atoms with E-state index in [4.69, 9.17) is 5.26 Å². The third-order valence-electron chi connectivity index (χ3n) is 3.12. The van der Waals surface area contributed by atoms with Gasteiger partial charge in [0, 0.05) is 12.2 Å². The van der Waals surface area contributed by atoms with E-state index in [1.54, 1.807) is 11.0 Å². The van der Waals surface area contributed by atoms with Crippen LogP contribution in [0.3, 0.4) is 0 Å². The summed E-state index contributed by atoms with van der Waals surface area (Å²) in [5, 5.41) is 8.99. The zero-order valence-corrected chi connectivity index (χ0v) is 10.1. The average Bonchev–Trinajstić information content (AvgIpc) is 2.76. The standard InChI is InChI=1S/C13H15N3O/c1-9-5-6-12(10(2)15-9)13(17)16-7-3-4-11(16)8-14/h5-6,11H,3-4,7H2,1-2H3. The van der Waals surface area contributed by atoms with Gasteiger partial charge in [0.25, 0.3) is 5.91 Å². The Morgan fingerprint density at radius 3 is 2.94 bits per heavy atom. The van der Waals surface area contributed by atoms with Gasteiger partial charge in [-0.1, -0.05) is 0 Å². The lowest BCUT2D eigenvalue weighted by Gasteiger charge is -2.20. The molecular weight excluding hydrogens is 214 g/mol. The van der Waals surface area contributed by atoms with Gasteiger partial charge in [0.15, 0.2) is 0 Å². The monoisotopic (exact) mass is 229 g/mol. The second kappa shape index (κ2) is 4.54. The van der Waals surface area contributed by atoms with Crippen molar-refractivity contribution in [2.75, 3.05) is 6.54 Å². The molecule has 0 radical (unpaired) electrons. The van der Waals surface area contributed by atoms with E-state index in [1.807, 2.05) is 19.9 Å². The van der Waals surface area contributed by atoms with Crippen LogP contribution in [0.4, 0.5) is 0 Å². The molecule has 1 unspecified atom stereocenters. The first-order valence-corrected chi connectivity index (χ1v) is 5.78. The van der Waals surface area contributed by atoms with Crippen LogP contribution in [0.5, 0.6) is 0 Å². The van der Waals surface area contributed by atoms with E-state index < -0.39 is 0 Å². The first kappa shape index (κ1) is 11.6. The maximum Gasteiger partial charge on any atom is 0.256 e. The van der Waals surface area contributed by atoms with Crippen LogP contribution in [-0.4, -0.2) is 28.4 Å². The van der Waals surface area contributed by atoms with Crippen molar-refractivity contribution in [2.24, 2.45) is 0 Å². The van der Waals surface area contributed by atoms with Gasteiger partial charge in [-0.2, -0.15) is 5.26 Å². The number of amides is 1. The first-order valence-electron chi connectivity index (χ1n) is 5.78. The van der Waals surface area contributed by atoms with E-state index in [0.717, 1.165) is 24.2 Å². The fourth-order valence-corrected chi connectivity index (χ4v) is 2.21. The van der Waals surface area contributed by atoms with Crippen LogP contribution >= 0.6 is 0 Å². The molecular formula is C13H15N3O. The molecule has 1 aromatic heterocycles. The Hall–Kier alpha value is -1.89. The van der Waals surface area contributed by atoms with Gasteiger partial charge in [-0.15, -0.1) is 0 Å². The highest BCUT2D eigenvalue weighted by Gasteiger charge is 2.30. The minimum atomic E-state index is -0.275. The third-order valence-corrected chi connectivity index (χ3v) is 3.12. The molecule has 1 atom stereocenters. The lowest BCUT2D eigenvalue weighted by atomic mass is 10.1. The fourth-order valence-electron chi connectivity index (χ4n) is 2.21. The Bertz CT molecular complexity index is 490. The van der Waals surface area contributed by atoms with Gasteiger partial charge in [0.1, 0.15) is 6.04 Å². The number of nitriles is 1. The summed E-state index contributed by atoms with van der Waals surface area (Å²) >= 11 is 0. The van der Waals surface area contributed by atoms with Gasteiger partial charge in [-0.05, 0) is 38.8 Å². The summed E-state index contributed by atoms with van der Waals surface area (Å²) in [4.78, 5) is 18.2. The Balaban J connectivity index is 2.28. The largest absolute Gasteiger partial charge is 0.323 e. The summed E-state index contributed by atoms with van der Waals surface area (Å²) in [6.07, 6.45) is 1.68.